The predicted molar refractivity (Wildman–Crippen MR) is 74.3 cm³/mol. The van der Waals surface area contributed by atoms with Crippen LogP contribution in [0.5, 0.6) is 0 Å². The van der Waals surface area contributed by atoms with Crippen LogP contribution in [0.15, 0.2) is 24.3 Å². The Labute approximate surface area is 109 Å². The summed E-state index contributed by atoms with van der Waals surface area (Å²) in [5, 5.41) is 2.01. The lowest BCUT2D eigenvalue weighted by Crippen LogP contribution is -1.81. The second-order valence-corrected chi connectivity index (χ2v) is 5.36. The summed E-state index contributed by atoms with van der Waals surface area (Å²) in [4.78, 5) is 5.91. The van der Waals surface area contributed by atoms with Crippen LogP contribution in [0.2, 0.25) is 0 Å². The number of alkyl halides is 1. The van der Waals surface area contributed by atoms with Gasteiger partial charge < -0.3 is 0 Å². The molecule has 3 heteroatoms. The molecule has 0 aliphatic rings. The number of aromatic nitrogens is 1. The Morgan fingerprint density at radius 3 is 2.44 bits per heavy atom. The monoisotopic (exact) mass is 295 g/mol. The van der Waals surface area contributed by atoms with E-state index in [0.717, 1.165) is 22.5 Å². The number of rotatable bonds is 3. The zero-order valence-electron chi connectivity index (χ0n) is 9.46. The second kappa shape index (κ2) is 5.11. The molecule has 0 aliphatic carbocycles. The van der Waals surface area contributed by atoms with Crippen molar-refractivity contribution < 1.29 is 0 Å². The summed E-state index contributed by atoms with van der Waals surface area (Å²) in [5.74, 6) is 0. The molecule has 1 nitrogen and oxygen atoms in total. The molecular weight excluding hydrogens is 282 g/mol. The van der Waals surface area contributed by atoms with Crippen molar-refractivity contribution in [2.75, 3.05) is 0 Å². The Bertz CT molecular complexity index is 473. The zero-order valence-corrected chi connectivity index (χ0v) is 11.9. The molecule has 2 rings (SSSR count). The summed E-state index contributed by atoms with van der Waals surface area (Å²) in [6, 6.07) is 8.68. The van der Waals surface area contributed by atoms with E-state index < -0.39 is 0 Å². The molecule has 0 saturated carbocycles. The molecular formula is C13H14BrNS. The van der Waals surface area contributed by atoms with E-state index in [9.17, 15) is 0 Å². The van der Waals surface area contributed by atoms with Crippen molar-refractivity contribution in [1.29, 1.82) is 0 Å². The van der Waals surface area contributed by atoms with E-state index in [4.69, 9.17) is 0 Å². The van der Waals surface area contributed by atoms with Crippen LogP contribution >= 0.6 is 27.3 Å². The molecule has 0 fully saturated rings. The van der Waals surface area contributed by atoms with Gasteiger partial charge in [-0.3, -0.25) is 0 Å². The third kappa shape index (κ3) is 2.36. The highest BCUT2D eigenvalue weighted by Crippen LogP contribution is 2.29. The van der Waals surface area contributed by atoms with Crippen molar-refractivity contribution in [1.82, 2.24) is 4.98 Å². The van der Waals surface area contributed by atoms with Gasteiger partial charge in [-0.25, -0.2) is 4.98 Å². The Morgan fingerprint density at radius 2 is 1.94 bits per heavy atom. The largest absolute Gasteiger partial charge is 0.241 e. The highest BCUT2D eigenvalue weighted by molar-refractivity contribution is 9.08. The molecule has 16 heavy (non-hydrogen) atoms. The van der Waals surface area contributed by atoms with E-state index in [0.29, 0.717) is 0 Å². The third-order valence-corrected chi connectivity index (χ3v) is 4.76. The highest BCUT2D eigenvalue weighted by atomic mass is 79.9. The fraction of sp³-hybridized carbons (Fsp3) is 0.308. The lowest BCUT2D eigenvalue weighted by Gasteiger charge is -1.98. The minimum absolute atomic E-state index is 0.892. The summed E-state index contributed by atoms with van der Waals surface area (Å²) in [5.41, 5.74) is 3.73. The Balaban J connectivity index is 2.34. The first-order chi connectivity index (χ1) is 7.74. The second-order valence-electron chi connectivity index (χ2n) is 3.71. The maximum absolute atomic E-state index is 4.60. The highest BCUT2D eigenvalue weighted by Gasteiger charge is 2.07. The summed E-state index contributed by atoms with van der Waals surface area (Å²) < 4.78 is 0. The van der Waals surface area contributed by atoms with Crippen molar-refractivity contribution in [2.24, 2.45) is 0 Å². The summed E-state index contributed by atoms with van der Waals surface area (Å²) in [6.07, 6.45) is 1.09. The lowest BCUT2D eigenvalue weighted by molar-refractivity contribution is 1.14. The number of hydrogen-bond acceptors (Lipinski definition) is 2. The van der Waals surface area contributed by atoms with E-state index in [1.54, 1.807) is 11.3 Å². The fourth-order valence-electron chi connectivity index (χ4n) is 1.56. The van der Waals surface area contributed by atoms with Crippen LogP contribution in [0.25, 0.3) is 10.6 Å². The van der Waals surface area contributed by atoms with Gasteiger partial charge in [0.1, 0.15) is 5.01 Å². The van der Waals surface area contributed by atoms with Gasteiger partial charge in [0.2, 0.25) is 0 Å². The van der Waals surface area contributed by atoms with Gasteiger partial charge in [-0.2, -0.15) is 0 Å². The van der Waals surface area contributed by atoms with Gasteiger partial charge in [-0.15, -0.1) is 11.3 Å². The standard InChI is InChI=1S/C13H14BrNS/c1-3-10-4-6-11(7-5-10)13-15-9(2)12(8-14)16-13/h4-7H,3,8H2,1-2H3. The van der Waals surface area contributed by atoms with Crippen molar-refractivity contribution in [3.8, 4) is 10.6 Å². The first-order valence-corrected chi connectivity index (χ1v) is 7.30. The summed E-state index contributed by atoms with van der Waals surface area (Å²) in [6.45, 7) is 4.24. The molecule has 0 aliphatic heterocycles. The van der Waals surface area contributed by atoms with Gasteiger partial charge in [0.15, 0.2) is 0 Å². The van der Waals surface area contributed by atoms with Crippen LogP contribution in [0, 0.1) is 6.92 Å². The average molecular weight is 296 g/mol. The molecule has 0 N–H and O–H groups in total. The van der Waals surface area contributed by atoms with Crippen molar-refractivity contribution in [3.63, 3.8) is 0 Å². The van der Waals surface area contributed by atoms with Gasteiger partial charge in [-0.1, -0.05) is 47.1 Å². The smallest absolute Gasteiger partial charge is 0.123 e. The molecule has 1 aromatic heterocycles. The number of hydrogen-bond donors (Lipinski definition) is 0. The van der Waals surface area contributed by atoms with Gasteiger partial charge in [0.05, 0.1) is 5.69 Å². The maximum atomic E-state index is 4.60. The van der Waals surface area contributed by atoms with E-state index in [1.165, 1.54) is 16.0 Å². The molecule has 84 valence electrons. The van der Waals surface area contributed by atoms with Crippen LogP contribution in [0.1, 0.15) is 23.1 Å². The van der Waals surface area contributed by atoms with Gasteiger partial charge in [0, 0.05) is 15.8 Å². The zero-order chi connectivity index (χ0) is 11.5. The number of aryl methyl sites for hydroxylation is 2. The van der Waals surface area contributed by atoms with Gasteiger partial charge in [-0.05, 0) is 18.9 Å². The Hall–Kier alpha value is -0.670. The third-order valence-electron chi connectivity index (χ3n) is 2.62. The fourth-order valence-corrected chi connectivity index (χ4v) is 3.23. The van der Waals surface area contributed by atoms with E-state index in [1.807, 2.05) is 0 Å². The number of thiazole rings is 1. The van der Waals surface area contributed by atoms with Gasteiger partial charge in [0.25, 0.3) is 0 Å². The molecule has 0 spiro atoms. The lowest BCUT2D eigenvalue weighted by atomic mass is 10.1. The van der Waals surface area contributed by atoms with E-state index in [2.05, 4.69) is 59.0 Å². The van der Waals surface area contributed by atoms with Crippen LogP contribution in [-0.4, -0.2) is 4.98 Å². The van der Waals surface area contributed by atoms with E-state index in [-0.39, 0.29) is 0 Å². The van der Waals surface area contributed by atoms with Gasteiger partial charge >= 0.3 is 0 Å². The molecule has 0 bridgehead atoms. The summed E-state index contributed by atoms with van der Waals surface area (Å²) >= 11 is 5.26. The topological polar surface area (TPSA) is 12.9 Å². The minimum atomic E-state index is 0.892. The van der Waals surface area contributed by atoms with Crippen LogP contribution in [0.3, 0.4) is 0 Å². The SMILES string of the molecule is CCc1ccc(-c2nc(C)c(CBr)s2)cc1. The molecule has 0 radical (unpaired) electrons. The molecule has 0 amide bonds. The first-order valence-electron chi connectivity index (χ1n) is 5.36. The molecule has 1 heterocycles. The number of benzene rings is 1. The molecule has 2 aromatic rings. The normalized spacial score (nSPS) is 10.7. The minimum Gasteiger partial charge on any atom is -0.241 e. The van der Waals surface area contributed by atoms with Crippen molar-refractivity contribution in [2.45, 2.75) is 25.6 Å². The van der Waals surface area contributed by atoms with Crippen molar-refractivity contribution >= 4 is 27.3 Å². The van der Waals surface area contributed by atoms with Crippen LogP contribution < -0.4 is 0 Å². The molecule has 1 aromatic carbocycles. The van der Waals surface area contributed by atoms with Crippen LogP contribution in [-0.2, 0) is 11.8 Å². The number of halogens is 1. The first kappa shape index (κ1) is 11.8. The Kier molecular flexibility index (Phi) is 3.77. The number of nitrogens with zero attached hydrogens (tertiary/aromatic N) is 1. The average Bonchev–Trinajstić information content (AvgIpc) is 2.71. The molecule has 0 atom stereocenters. The van der Waals surface area contributed by atoms with Crippen LogP contribution in [0.4, 0.5) is 0 Å². The molecule has 0 saturated heterocycles. The quantitative estimate of drug-likeness (QED) is 0.756. The predicted octanol–water partition coefficient (Wildman–Crippen LogP) is 4.58. The van der Waals surface area contributed by atoms with Crippen molar-refractivity contribution in [3.05, 3.63) is 40.4 Å². The van der Waals surface area contributed by atoms with E-state index >= 15 is 0 Å². The summed E-state index contributed by atoms with van der Waals surface area (Å²) in [7, 11) is 0. The molecule has 0 unspecified atom stereocenters. The Morgan fingerprint density at radius 1 is 1.25 bits per heavy atom. The maximum Gasteiger partial charge on any atom is 0.123 e.